The van der Waals surface area contributed by atoms with E-state index >= 15 is 0 Å². The van der Waals surface area contributed by atoms with Gasteiger partial charge in [-0.2, -0.15) is 0 Å². The second-order valence-electron chi connectivity index (χ2n) is 4.32. The fraction of sp³-hybridized carbons (Fsp3) is 0.267. The number of carbonyl (C=O) groups excluding carboxylic acids is 1. The molecule has 0 radical (unpaired) electrons. The molecule has 1 heterocycles. The molecule has 0 atom stereocenters. The average Bonchev–Trinajstić information content (AvgIpc) is 2.51. The molecule has 0 bridgehead atoms. The van der Waals surface area contributed by atoms with Crippen LogP contribution in [0.4, 0.5) is 0 Å². The molecule has 2 aromatic rings. The van der Waals surface area contributed by atoms with Gasteiger partial charge in [0.15, 0.2) is 0 Å². The molecule has 5 nitrogen and oxygen atoms in total. The van der Waals surface area contributed by atoms with E-state index in [1.165, 1.54) is 12.4 Å². The first-order valence-corrected chi connectivity index (χ1v) is 6.98. The maximum atomic E-state index is 12.0. The lowest BCUT2D eigenvalue weighted by molar-refractivity contribution is 0.0944. The number of halogens is 1. The summed E-state index contributed by atoms with van der Waals surface area (Å²) in [7, 11) is 0. The molecule has 2 rings (SSSR count). The molecule has 0 saturated carbocycles. The van der Waals surface area contributed by atoms with Crippen LogP contribution in [0.5, 0.6) is 0 Å². The quantitative estimate of drug-likeness (QED) is 0.891. The van der Waals surface area contributed by atoms with Crippen molar-refractivity contribution < 1.29 is 9.53 Å². The average molecular weight is 306 g/mol. The molecule has 6 heteroatoms. The molecule has 110 valence electrons. The summed E-state index contributed by atoms with van der Waals surface area (Å²) in [5.41, 5.74) is 2.26. The van der Waals surface area contributed by atoms with Gasteiger partial charge in [-0.15, -0.1) is 0 Å². The lowest BCUT2D eigenvalue weighted by Crippen LogP contribution is -2.24. The molecule has 0 saturated heterocycles. The van der Waals surface area contributed by atoms with Crippen molar-refractivity contribution in [3.8, 4) is 0 Å². The van der Waals surface area contributed by atoms with E-state index in [1.807, 2.05) is 31.2 Å². The summed E-state index contributed by atoms with van der Waals surface area (Å²) in [5, 5.41) is 3.00. The van der Waals surface area contributed by atoms with Crippen molar-refractivity contribution in [2.75, 3.05) is 6.61 Å². The monoisotopic (exact) mass is 305 g/mol. The number of benzene rings is 1. The third-order valence-corrected chi connectivity index (χ3v) is 3.04. The zero-order valence-corrected chi connectivity index (χ0v) is 12.4. The molecule has 1 N–H and O–H groups in total. The fourth-order valence-corrected chi connectivity index (χ4v) is 1.95. The van der Waals surface area contributed by atoms with Crippen LogP contribution in [0.25, 0.3) is 0 Å². The van der Waals surface area contributed by atoms with Gasteiger partial charge >= 0.3 is 0 Å². The molecule has 0 unspecified atom stereocenters. The summed E-state index contributed by atoms with van der Waals surface area (Å²) in [6, 6.07) is 7.81. The Morgan fingerprint density at radius 2 is 2.05 bits per heavy atom. The Balaban J connectivity index is 2.01. The molecule has 0 aliphatic heterocycles. The Morgan fingerprint density at radius 1 is 1.29 bits per heavy atom. The van der Waals surface area contributed by atoms with E-state index in [-0.39, 0.29) is 16.8 Å². The third-order valence-electron chi connectivity index (χ3n) is 2.86. The first-order chi connectivity index (χ1) is 10.2. The highest BCUT2D eigenvalue weighted by molar-refractivity contribution is 6.29. The minimum atomic E-state index is -0.309. The number of hydrogen-bond acceptors (Lipinski definition) is 4. The van der Waals surface area contributed by atoms with Gasteiger partial charge in [0.1, 0.15) is 10.8 Å². The van der Waals surface area contributed by atoms with E-state index in [0.29, 0.717) is 19.8 Å². The highest BCUT2D eigenvalue weighted by Gasteiger charge is 2.09. The number of nitrogens with zero attached hydrogens (tertiary/aromatic N) is 2. The first-order valence-electron chi connectivity index (χ1n) is 6.61. The van der Waals surface area contributed by atoms with E-state index in [0.717, 1.165) is 11.1 Å². The van der Waals surface area contributed by atoms with Crippen LogP contribution in [-0.4, -0.2) is 22.5 Å². The molecule has 1 aromatic carbocycles. The van der Waals surface area contributed by atoms with Crippen LogP contribution in [0, 0.1) is 0 Å². The van der Waals surface area contributed by atoms with Gasteiger partial charge in [0, 0.05) is 13.2 Å². The highest BCUT2D eigenvalue weighted by Crippen LogP contribution is 2.10. The van der Waals surface area contributed by atoms with Crippen molar-refractivity contribution in [3.63, 3.8) is 0 Å². The fourth-order valence-electron chi connectivity index (χ4n) is 1.80. The third kappa shape index (κ3) is 4.51. The van der Waals surface area contributed by atoms with Crippen LogP contribution in [0.3, 0.4) is 0 Å². The number of carbonyl (C=O) groups is 1. The lowest BCUT2D eigenvalue weighted by Gasteiger charge is -2.10. The maximum Gasteiger partial charge on any atom is 0.271 e. The van der Waals surface area contributed by atoms with Crippen LogP contribution >= 0.6 is 11.6 Å². The minimum absolute atomic E-state index is 0.194. The second-order valence-corrected chi connectivity index (χ2v) is 4.70. The Labute approximate surface area is 128 Å². The Hall–Kier alpha value is -1.98. The molecular weight excluding hydrogens is 290 g/mol. The Kier molecular flexibility index (Phi) is 5.66. The zero-order valence-electron chi connectivity index (χ0n) is 11.7. The van der Waals surface area contributed by atoms with Crippen LogP contribution in [-0.2, 0) is 17.9 Å². The maximum absolute atomic E-state index is 12.0. The molecule has 1 amide bonds. The van der Waals surface area contributed by atoms with Gasteiger partial charge in [0.05, 0.1) is 19.0 Å². The van der Waals surface area contributed by atoms with Crippen molar-refractivity contribution in [2.24, 2.45) is 0 Å². The molecule has 0 fully saturated rings. The van der Waals surface area contributed by atoms with Gasteiger partial charge in [-0.1, -0.05) is 35.9 Å². The van der Waals surface area contributed by atoms with Crippen molar-refractivity contribution in [3.05, 3.63) is 58.6 Å². The van der Waals surface area contributed by atoms with Gasteiger partial charge in [-0.05, 0) is 18.1 Å². The topological polar surface area (TPSA) is 64.1 Å². The summed E-state index contributed by atoms with van der Waals surface area (Å²) in [6.07, 6.45) is 2.77. The van der Waals surface area contributed by atoms with Crippen molar-refractivity contribution in [1.29, 1.82) is 0 Å². The second kappa shape index (κ2) is 7.71. The number of nitrogens with one attached hydrogen (secondary N) is 1. The number of hydrogen-bond donors (Lipinski definition) is 1. The van der Waals surface area contributed by atoms with Gasteiger partial charge in [-0.3, -0.25) is 9.78 Å². The molecule has 0 aliphatic rings. The van der Waals surface area contributed by atoms with E-state index in [9.17, 15) is 4.79 Å². The van der Waals surface area contributed by atoms with Gasteiger partial charge in [-0.25, -0.2) is 4.98 Å². The number of aromatic nitrogens is 2. The Bertz CT molecular complexity index is 619. The minimum Gasteiger partial charge on any atom is -0.377 e. The molecule has 21 heavy (non-hydrogen) atoms. The molecule has 1 aromatic heterocycles. The number of rotatable bonds is 6. The van der Waals surface area contributed by atoms with Gasteiger partial charge < -0.3 is 10.1 Å². The zero-order chi connectivity index (χ0) is 15.1. The number of amides is 1. The summed E-state index contributed by atoms with van der Waals surface area (Å²) in [6.45, 7) is 3.52. The van der Waals surface area contributed by atoms with E-state index in [4.69, 9.17) is 16.3 Å². The summed E-state index contributed by atoms with van der Waals surface area (Å²) < 4.78 is 5.41. The molecule has 0 spiro atoms. The van der Waals surface area contributed by atoms with Crippen LogP contribution < -0.4 is 5.32 Å². The predicted molar refractivity (Wildman–Crippen MR) is 80.0 cm³/mol. The van der Waals surface area contributed by atoms with E-state index in [1.54, 1.807) is 0 Å². The SMILES string of the molecule is CCOCc1ccccc1CNC(=O)c1cncc(Cl)n1. The highest BCUT2D eigenvalue weighted by atomic mass is 35.5. The Morgan fingerprint density at radius 3 is 2.76 bits per heavy atom. The van der Waals surface area contributed by atoms with Crippen LogP contribution in [0.1, 0.15) is 28.5 Å². The van der Waals surface area contributed by atoms with E-state index < -0.39 is 0 Å². The standard InChI is InChI=1S/C15H16ClN3O2/c1-2-21-10-12-6-4-3-5-11(12)7-18-15(20)13-8-17-9-14(16)19-13/h3-6,8-9H,2,7,10H2,1H3,(H,18,20). The number of ether oxygens (including phenoxy) is 1. The van der Waals surface area contributed by atoms with Gasteiger partial charge in [0.2, 0.25) is 0 Å². The predicted octanol–water partition coefficient (Wildman–Crippen LogP) is 2.60. The van der Waals surface area contributed by atoms with Crippen molar-refractivity contribution in [2.45, 2.75) is 20.1 Å². The largest absolute Gasteiger partial charge is 0.377 e. The van der Waals surface area contributed by atoms with Crippen molar-refractivity contribution >= 4 is 17.5 Å². The first kappa shape index (κ1) is 15.4. The normalized spacial score (nSPS) is 10.4. The molecular formula is C15H16ClN3O2. The summed E-state index contributed by atoms with van der Waals surface area (Å²) >= 11 is 5.72. The van der Waals surface area contributed by atoms with Gasteiger partial charge in [0.25, 0.3) is 5.91 Å². The van der Waals surface area contributed by atoms with Crippen LogP contribution in [0.2, 0.25) is 5.15 Å². The van der Waals surface area contributed by atoms with Crippen molar-refractivity contribution in [1.82, 2.24) is 15.3 Å². The van der Waals surface area contributed by atoms with E-state index in [2.05, 4.69) is 15.3 Å². The molecule has 0 aliphatic carbocycles. The summed E-state index contributed by atoms with van der Waals surface area (Å²) in [4.78, 5) is 19.8. The lowest BCUT2D eigenvalue weighted by atomic mass is 10.1. The van der Waals surface area contributed by atoms with Crippen LogP contribution in [0.15, 0.2) is 36.7 Å². The summed E-state index contributed by atoms with van der Waals surface area (Å²) in [5.74, 6) is -0.309. The smallest absolute Gasteiger partial charge is 0.271 e.